The van der Waals surface area contributed by atoms with Gasteiger partial charge in [-0.2, -0.15) is 0 Å². The molecule has 4 nitrogen and oxygen atoms in total. The van der Waals surface area contributed by atoms with Crippen LogP contribution in [0.2, 0.25) is 5.02 Å². The van der Waals surface area contributed by atoms with Crippen LogP contribution in [0.25, 0.3) is 0 Å². The van der Waals surface area contributed by atoms with Crippen LogP contribution in [-0.4, -0.2) is 30.4 Å². The number of carbonyl (C=O) groups is 1. The fourth-order valence-corrected chi connectivity index (χ4v) is 4.55. The quantitative estimate of drug-likeness (QED) is 0.782. The van der Waals surface area contributed by atoms with Gasteiger partial charge in [0, 0.05) is 11.6 Å². The van der Waals surface area contributed by atoms with E-state index in [1.807, 2.05) is 36.4 Å². The van der Waals surface area contributed by atoms with E-state index in [0.29, 0.717) is 11.6 Å². The molecule has 0 radical (unpaired) electrons. The number of hydrogen-bond donors (Lipinski definition) is 1. The summed E-state index contributed by atoms with van der Waals surface area (Å²) < 4.78 is 5.70. The number of nitrogens with one attached hydrogen (secondary N) is 1. The number of furan rings is 1. The molecular formula is C22H27ClN2O2. The number of amides is 1. The highest BCUT2D eigenvalue weighted by Crippen LogP contribution is 2.44. The average Bonchev–Trinajstić information content (AvgIpc) is 3.18. The van der Waals surface area contributed by atoms with Crippen molar-refractivity contribution in [3.63, 3.8) is 0 Å². The summed E-state index contributed by atoms with van der Waals surface area (Å²) in [4.78, 5) is 15.6. The summed E-state index contributed by atoms with van der Waals surface area (Å²) in [5.74, 6) is 1.07. The second kappa shape index (κ2) is 8.07. The van der Waals surface area contributed by atoms with Crippen molar-refractivity contribution in [1.82, 2.24) is 10.2 Å². The van der Waals surface area contributed by atoms with Gasteiger partial charge in [-0.1, -0.05) is 36.6 Å². The Bertz CT molecular complexity index is 747. The van der Waals surface area contributed by atoms with Gasteiger partial charge in [-0.3, -0.25) is 9.69 Å². The van der Waals surface area contributed by atoms with Crippen LogP contribution in [-0.2, 0) is 10.2 Å². The molecule has 1 unspecified atom stereocenters. The van der Waals surface area contributed by atoms with Crippen molar-refractivity contribution in [2.24, 2.45) is 0 Å². The van der Waals surface area contributed by atoms with E-state index in [4.69, 9.17) is 16.0 Å². The SMILES string of the molecule is O=C(NCC(c1ccco1)N1CCCCC1)C1(c2ccc(Cl)cc2)CCC1. The molecule has 5 heteroatoms. The molecule has 1 aromatic heterocycles. The van der Waals surface area contributed by atoms with Gasteiger partial charge in [-0.15, -0.1) is 0 Å². The first-order chi connectivity index (χ1) is 13.2. The molecule has 1 saturated heterocycles. The van der Waals surface area contributed by atoms with E-state index in [0.717, 1.165) is 43.7 Å². The first-order valence-electron chi connectivity index (χ1n) is 10.0. The first kappa shape index (κ1) is 18.6. The molecule has 4 rings (SSSR count). The summed E-state index contributed by atoms with van der Waals surface area (Å²) in [6.45, 7) is 2.70. The third-order valence-corrected chi connectivity index (χ3v) is 6.45. The van der Waals surface area contributed by atoms with Crippen LogP contribution in [0.4, 0.5) is 0 Å². The van der Waals surface area contributed by atoms with Crippen LogP contribution in [0.15, 0.2) is 47.1 Å². The lowest BCUT2D eigenvalue weighted by molar-refractivity contribution is -0.130. The van der Waals surface area contributed by atoms with Gasteiger partial charge in [-0.25, -0.2) is 0 Å². The van der Waals surface area contributed by atoms with Gasteiger partial charge in [0.25, 0.3) is 0 Å². The molecule has 1 N–H and O–H groups in total. The summed E-state index contributed by atoms with van der Waals surface area (Å²) in [6.07, 6.45) is 8.30. The van der Waals surface area contributed by atoms with Crippen LogP contribution in [0.1, 0.15) is 55.9 Å². The van der Waals surface area contributed by atoms with Crippen LogP contribution < -0.4 is 5.32 Å². The van der Waals surface area contributed by atoms with E-state index in [-0.39, 0.29) is 11.9 Å². The molecule has 1 aliphatic heterocycles. The normalized spacial score (nSPS) is 20.6. The number of likely N-dealkylation sites (tertiary alicyclic amines) is 1. The minimum Gasteiger partial charge on any atom is -0.468 e. The van der Waals surface area contributed by atoms with Crippen LogP contribution in [0.5, 0.6) is 0 Å². The molecule has 1 aliphatic carbocycles. The monoisotopic (exact) mass is 386 g/mol. The van der Waals surface area contributed by atoms with E-state index < -0.39 is 5.41 Å². The maximum Gasteiger partial charge on any atom is 0.230 e. The second-order valence-electron chi connectivity index (χ2n) is 7.78. The molecule has 144 valence electrons. The van der Waals surface area contributed by atoms with Crippen molar-refractivity contribution in [2.45, 2.75) is 50.0 Å². The number of halogens is 1. The molecule has 1 saturated carbocycles. The second-order valence-corrected chi connectivity index (χ2v) is 8.22. The van der Waals surface area contributed by atoms with Crippen molar-refractivity contribution >= 4 is 17.5 Å². The largest absolute Gasteiger partial charge is 0.468 e. The number of benzene rings is 1. The molecule has 2 heterocycles. The fourth-order valence-electron chi connectivity index (χ4n) is 4.43. The Hall–Kier alpha value is -1.78. The maximum atomic E-state index is 13.2. The molecule has 27 heavy (non-hydrogen) atoms. The zero-order valence-corrected chi connectivity index (χ0v) is 16.4. The Balaban J connectivity index is 1.48. The van der Waals surface area contributed by atoms with Crippen molar-refractivity contribution in [2.75, 3.05) is 19.6 Å². The van der Waals surface area contributed by atoms with E-state index in [2.05, 4.69) is 10.2 Å². The van der Waals surface area contributed by atoms with Crippen molar-refractivity contribution in [3.05, 3.63) is 59.0 Å². The van der Waals surface area contributed by atoms with Gasteiger partial charge in [-0.05, 0) is 68.6 Å². The maximum absolute atomic E-state index is 13.2. The lowest BCUT2D eigenvalue weighted by Gasteiger charge is -2.41. The van der Waals surface area contributed by atoms with Gasteiger partial charge in [0.2, 0.25) is 5.91 Å². The standard InChI is InChI=1S/C22H27ClN2O2/c23-18-9-7-17(8-10-18)22(11-5-12-22)21(26)24-16-19(20-6-4-15-27-20)25-13-2-1-3-14-25/h4,6-10,15,19H,1-3,5,11-14,16H2,(H,24,26). The average molecular weight is 387 g/mol. The van der Waals surface area contributed by atoms with Crippen molar-refractivity contribution in [1.29, 1.82) is 0 Å². The minimum atomic E-state index is -0.403. The number of carbonyl (C=O) groups excluding carboxylic acids is 1. The Kier molecular flexibility index (Phi) is 5.55. The highest BCUT2D eigenvalue weighted by atomic mass is 35.5. The predicted octanol–water partition coefficient (Wildman–Crippen LogP) is 4.70. The molecular weight excluding hydrogens is 360 g/mol. The summed E-state index contributed by atoms with van der Waals surface area (Å²) in [7, 11) is 0. The van der Waals surface area contributed by atoms with Crippen molar-refractivity contribution < 1.29 is 9.21 Å². The molecule has 1 amide bonds. The van der Waals surface area contributed by atoms with E-state index in [1.165, 1.54) is 19.3 Å². The van der Waals surface area contributed by atoms with Crippen LogP contribution in [0.3, 0.4) is 0 Å². The zero-order chi connectivity index (χ0) is 18.7. The Morgan fingerprint density at radius 2 is 1.85 bits per heavy atom. The summed E-state index contributed by atoms with van der Waals surface area (Å²) in [5.41, 5.74) is 0.670. The smallest absolute Gasteiger partial charge is 0.230 e. The van der Waals surface area contributed by atoms with Gasteiger partial charge in [0.1, 0.15) is 5.76 Å². The summed E-state index contributed by atoms with van der Waals surface area (Å²) in [5, 5.41) is 3.96. The van der Waals surface area contributed by atoms with Crippen molar-refractivity contribution in [3.8, 4) is 0 Å². The lowest BCUT2D eigenvalue weighted by Crippen LogP contribution is -2.51. The third-order valence-electron chi connectivity index (χ3n) is 6.20. The van der Waals surface area contributed by atoms with Gasteiger partial charge < -0.3 is 9.73 Å². The molecule has 2 aliphatic rings. The Morgan fingerprint density at radius 3 is 2.44 bits per heavy atom. The molecule has 0 spiro atoms. The molecule has 1 atom stereocenters. The number of hydrogen-bond acceptors (Lipinski definition) is 3. The minimum absolute atomic E-state index is 0.103. The Morgan fingerprint density at radius 1 is 1.11 bits per heavy atom. The number of rotatable bonds is 6. The molecule has 1 aromatic carbocycles. The van der Waals surface area contributed by atoms with Crippen LogP contribution in [0, 0.1) is 0 Å². The van der Waals surface area contributed by atoms with Crippen LogP contribution >= 0.6 is 11.6 Å². The van der Waals surface area contributed by atoms with E-state index in [9.17, 15) is 4.79 Å². The highest BCUT2D eigenvalue weighted by Gasteiger charge is 2.45. The predicted molar refractivity (Wildman–Crippen MR) is 107 cm³/mol. The topological polar surface area (TPSA) is 45.5 Å². The molecule has 2 fully saturated rings. The summed E-state index contributed by atoms with van der Waals surface area (Å²) in [6, 6.07) is 11.8. The number of piperidine rings is 1. The molecule has 2 aromatic rings. The first-order valence-corrected chi connectivity index (χ1v) is 10.4. The number of nitrogens with zero attached hydrogens (tertiary/aromatic N) is 1. The van der Waals surface area contributed by atoms with E-state index >= 15 is 0 Å². The fraction of sp³-hybridized carbons (Fsp3) is 0.500. The Labute approximate surface area is 165 Å². The zero-order valence-electron chi connectivity index (χ0n) is 15.6. The van der Waals surface area contributed by atoms with E-state index in [1.54, 1.807) is 6.26 Å². The van der Waals surface area contributed by atoms with Gasteiger partial charge in [0.05, 0.1) is 17.7 Å². The lowest BCUT2D eigenvalue weighted by atomic mass is 9.64. The molecule has 0 bridgehead atoms. The van der Waals surface area contributed by atoms with Gasteiger partial charge >= 0.3 is 0 Å². The van der Waals surface area contributed by atoms with Gasteiger partial charge in [0.15, 0.2) is 0 Å². The summed E-state index contributed by atoms with van der Waals surface area (Å²) >= 11 is 6.03. The highest BCUT2D eigenvalue weighted by molar-refractivity contribution is 6.30. The third kappa shape index (κ3) is 3.78.